The molecule has 0 aromatic heterocycles. The second kappa shape index (κ2) is 5.69. The van der Waals surface area contributed by atoms with E-state index in [0.717, 1.165) is 19.5 Å². The maximum atomic E-state index is 8.57. The molecule has 0 aromatic rings. The smallest absolute Gasteiger partial charge is 0.0443 e. The highest BCUT2D eigenvalue weighted by molar-refractivity contribution is 4.59. The Hall–Kier alpha value is -0.0800. The molecular formula is C8H19NO. The van der Waals surface area contributed by atoms with E-state index < -0.39 is 0 Å². The van der Waals surface area contributed by atoms with Crippen LogP contribution >= 0.6 is 0 Å². The number of hydrogen-bond donors (Lipinski definition) is 1. The van der Waals surface area contributed by atoms with Crippen LogP contribution in [-0.4, -0.2) is 35.7 Å². The van der Waals surface area contributed by atoms with Crippen molar-refractivity contribution in [2.45, 2.75) is 33.2 Å². The van der Waals surface area contributed by atoms with E-state index in [1.54, 1.807) is 0 Å². The Morgan fingerprint density at radius 2 is 2.00 bits per heavy atom. The predicted molar refractivity (Wildman–Crippen MR) is 44.1 cm³/mol. The second-order valence-electron chi connectivity index (χ2n) is 2.80. The number of rotatable bonds is 5. The lowest BCUT2D eigenvalue weighted by molar-refractivity contribution is 0.200. The molecule has 0 unspecified atom stereocenters. The highest BCUT2D eigenvalue weighted by Crippen LogP contribution is 1.97. The molecule has 0 bridgehead atoms. The number of aliphatic hydroxyl groups is 1. The first-order valence-electron chi connectivity index (χ1n) is 4.07. The van der Waals surface area contributed by atoms with Gasteiger partial charge in [-0.3, -0.25) is 0 Å². The van der Waals surface area contributed by atoms with Gasteiger partial charge in [0.05, 0.1) is 0 Å². The summed E-state index contributed by atoms with van der Waals surface area (Å²) in [6.45, 7) is 8.92. The molecule has 0 rings (SSSR count). The Morgan fingerprint density at radius 1 is 1.40 bits per heavy atom. The SMILES string of the molecule is CCN(CCCO)C(C)C. The molecule has 0 amide bonds. The van der Waals surface area contributed by atoms with E-state index in [-0.39, 0.29) is 0 Å². The van der Waals surface area contributed by atoms with Crippen molar-refractivity contribution >= 4 is 0 Å². The number of hydrogen-bond acceptors (Lipinski definition) is 2. The lowest BCUT2D eigenvalue weighted by Gasteiger charge is -2.23. The molecule has 0 saturated heterocycles. The van der Waals surface area contributed by atoms with Gasteiger partial charge in [-0.05, 0) is 26.8 Å². The van der Waals surface area contributed by atoms with Crippen LogP contribution in [0.3, 0.4) is 0 Å². The molecule has 1 N–H and O–H groups in total. The van der Waals surface area contributed by atoms with Crippen LogP contribution < -0.4 is 0 Å². The van der Waals surface area contributed by atoms with E-state index in [4.69, 9.17) is 5.11 Å². The maximum absolute atomic E-state index is 8.57. The fourth-order valence-electron chi connectivity index (χ4n) is 1.06. The molecule has 0 saturated carbocycles. The van der Waals surface area contributed by atoms with Gasteiger partial charge in [-0.2, -0.15) is 0 Å². The van der Waals surface area contributed by atoms with Crippen molar-refractivity contribution in [1.82, 2.24) is 4.90 Å². The third-order valence-corrected chi connectivity index (χ3v) is 1.74. The summed E-state index contributed by atoms with van der Waals surface area (Å²) >= 11 is 0. The summed E-state index contributed by atoms with van der Waals surface area (Å²) in [5.41, 5.74) is 0. The van der Waals surface area contributed by atoms with Gasteiger partial charge in [-0.1, -0.05) is 6.92 Å². The van der Waals surface area contributed by atoms with Crippen LogP contribution in [0.15, 0.2) is 0 Å². The van der Waals surface area contributed by atoms with Gasteiger partial charge in [0.1, 0.15) is 0 Å². The molecule has 2 nitrogen and oxygen atoms in total. The average molecular weight is 145 g/mol. The van der Waals surface area contributed by atoms with Crippen LogP contribution in [0, 0.1) is 0 Å². The van der Waals surface area contributed by atoms with Crippen LogP contribution in [-0.2, 0) is 0 Å². The summed E-state index contributed by atoms with van der Waals surface area (Å²) in [5, 5.41) is 8.57. The fraction of sp³-hybridized carbons (Fsp3) is 1.00. The van der Waals surface area contributed by atoms with Gasteiger partial charge in [0.2, 0.25) is 0 Å². The Labute approximate surface area is 63.8 Å². The third kappa shape index (κ3) is 3.85. The molecule has 0 aliphatic carbocycles. The zero-order chi connectivity index (χ0) is 7.98. The summed E-state index contributed by atoms with van der Waals surface area (Å²) in [7, 11) is 0. The van der Waals surface area contributed by atoms with Crippen LogP contribution in [0.1, 0.15) is 27.2 Å². The Bertz CT molecular complexity index is 73.7. The van der Waals surface area contributed by atoms with Crippen LogP contribution in [0.4, 0.5) is 0 Å². The molecule has 10 heavy (non-hydrogen) atoms. The summed E-state index contributed by atoms with van der Waals surface area (Å²) in [6.07, 6.45) is 0.895. The fourth-order valence-corrected chi connectivity index (χ4v) is 1.06. The largest absolute Gasteiger partial charge is 0.396 e. The molecule has 0 atom stereocenters. The molecule has 62 valence electrons. The Balaban J connectivity index is 3.40. The number of aliphatic hydroxyl groups excluding tert-OH is 1. The Morgan fingerprint density at radius 3 is 2.30 bits per heavy atom. The van der Waals surface area contributed by atoms with Crippen molar-refractivity contribution in [2.75, 3.05) is 19.7 Å². The molecule has 0 radical (unpaired) electrons. The lowest BCUT2D eigenvalue weighted by atomic mass is 10.3. The van der Waals surface area contributed by atoms with Gasteiger partial charge < -0.3 is 10.0 Å². The van der Waals surface area contributed by atoms with Gasteiger partial charge in [-0.25, -0.2) is 0 Å². The minimum absolute atomic E-state index is 0.309. The molecule has 0 fully saturated rings. The van der Waals surface area contributed by atoms with Crippen molar-refractivity contribution in [3.8, 4) is 0 Å². The first-order valence-corrected chi connectivity index (χ1v) is 4.07. The Kier molecular flexibility index (Phi) is 5.64. The monoisotopic (exact) mass is 145 g/mol. The first kappa shape index (κ1) is 9.92. The summed E-state index contributed by atoms with van der Waals surface area (Å²) in [6, 6.07) is 0.608. The quantitative estimate of drug-likeness (QED) is 0.626. The van der Waals surface area contributed by atoms with E-state index in [2.05, 4.69) is 25.7 Å². The van der Waals surface area contributed by atoms with E-state index >= 15 is 0 Å². The van der Waals surface area contributed by atoms with Crippen molar-refractivity contribution < 1.29 is 5.11 Å². The topological polar surface area (TPSA) is 23.5 Å². The summed E-state index contributed by atoms with van der Waals surface area (Å²) in [4.78, 5) is 2.34. The highest BCUT2D eigenvalue weighted by Gasteiger charge is 2.04. The number of nitrogens with zero attached hydrogens (tertiary/aromatic N) is 1. The van der Waals surface area contributed by atoms with E-state index in [1.807, 2.05) is 0 Å². The zero-order valence-electron chi connectivity index (χ0n) is 7.30. The lowest BCUT2D eigenvalue weighted by Crippen LogP contribution is -2.31. The molecule has 0 spiro atoms. The molecule has 0 aliphatic rings. The third-order valence-electron chi connectivity index (χ3n) is 1.74. The molecule has 2 heteroatoms. The van der Waals surface area contributed by atoms with Gasteiger partial charge in [0.15, 0.2) is 0 Å². The molecular weight excluding hydrogens is 126 g/mol. The van der Waals surface area contributed by atoms with E-state index in [0.29, 0.717) is 12.6 Å². The summed E-state index contributed by atoms with van der Waals surface area (Å²) < 4.78 is 0. The van der Waals surface area contributed by atoms with E-state index in [9.17, 15) is 0 Å². The normalized spacial score (nSPS) is 11.4. The van der Waals surface area contributed by atoms with Gasteiger partial charge >= 0.3 is 0 Å². The zero-order valence-corrected chi connectivity index (χ0v) is 7.30. The molecule has 0 aromatic carbocycles. The van der Waals surface area contributed by atoms with Crippen molar-refractivity contribution in [1.29, 1.82) is 0 Å². The standard InChI is InChI=1S/C8H19NO/c1-4-9(8(2)3)6-5-7-10/h8,10H,4-7H2,1-3H3. The minimum atomic E-state index is 0.309. The van der Waals surface area contributed by atoms with Crippen LogP contribution in [0.5, 0.6) is 0 Å². The van der Waals surface area contributed by atoms with Crippen molar-refractivity contribution in [3.63, 3.8) is 0 Å². The first-order chi connectivity index (χ1) is 4.72. The molecule has 0 heterocycles. The van der Waals surface area contributed by atoms with Crippen LogP contribution in [0.25, 0.3) is 0 Å². The minimum Gasteiger partial charge on any atom is -0.396 e. The van der Waals surface area contributed by atoms with Gasteiger partial charge in [0, 0.05) is 19.2 Å². The highest BCUT2D eigenvalue weighted by atomic mass is 16.3. The summed E-state index contributed by atoms with van der Waals surface area (Å²) in [5.74, 6) is 0. The maximum Gasteiger partial charge on any atom is 0.0443 e. The van der Waals surface area contributed by atoms with Gasteiger partial charge in [0.25, 0.3) is 0 Å². The van der Waals surface area contributed by atoms with Crippen molar-refractivity contribution in [3.05, 3.63) is 0 Å². The van der Waals surface area contributed by atoms with Crippen LogP contribution in [0.2, 0.25) is 0 Å². The predicted octanol–water partition coefficient (Wildman–Crippen LogP) is 1.10. The average Bonchev–Trinajstić information content (AvgIpc) is 1.89. The second-order valence-corrected chi connectivity index (χ2v) is 2.80. The molecule has 0 aliphatic heterocycles. The van der Waals surface area contributed by atoms with E-state index in [1.165, 1.54) is 0 Å². The van der Waals surface area contributed by atoms with Crippen molar-refractivity contribution in [2.24, 2.45) is 0 Å². The van der Waals surface area contributed by atoms with Gasteiger partial charge in [-0.15, -0.1) is 0 Å².